The molecular formula is C12H12O4. The van der Waals surface area contributed by atoms with Gasteiger partial charge < -0.3 is 9.47 Å². The average Bonchev–Trinajstić information content (AvgIpc) is 2.24. The van der Waals surface area contributed by atoms with Gasteiger partial charge in [0.1, 0.15) is 0 Å². The van der Waals surface area contributed by atoms with E-state index in [4.69, 9.17) is 9.47 Å². The third-order valence-corrected chi connectivity index (χ3v) is 3.64. The van der Waals surface area contributed by atoms with E-state index in [1.54, 1.807) is 19.1 Å². The predicted molar refractivity (Wildman–Crippen MR) is 54.6 cm³/mol. The highest BCUT2D eigenvalue weighted by Crippen LogP contribution is 2.43. The number of rotatable bonds is 0. The van der Waals surface area contributed by atoms with Gasteiger partial charge in [0.15, 0.2) is 23.8 Å². The molecule has 4 heteroatoms. The summed E-state index contributed by atoms with van der Waals surface area (Å²) >= 11 is 0. The Morgan fingerprint density at radius 1 is 1.31 bits per heavy atom. The molecule has 0 aromatic rings. The maximum Gasteiger partial charge on any atom is 0.191 e. The van der Waals surface area contributed by atoms with Crippen LogP contribution < -0.4 is 0 Å². The van der Waals surface area contributed by atoms with E-state index >= 15 is 0 Å². The molecule has 4 atom stereocenters. The number of ether oxygens (including phenoxy) is 2. The molecular weight excluding hydrogens is 208 g/mol. The Labute approximate surface area is 92.9 Å². The predicted octanol–water partition coefficient (Wildman–Crippen LogP) is 0.771. The van der Waals surface area contributed by atoms with Crippen LogP contribution >= 0.6 is 0 Å². The number of fused-ring (bicyclic) bond motifs is 6. The zero-order chi connectivity index (χ0) is 11.5. The van der Waals surface area contributed by atoms with Gasteiger partial charge in [-0.05, 0) is 31.6 Å². The molecule has 0 N–H and O–H groups in total. The van der Waals surface area contributed by atoms with Gasteiger partial charge in [-0.3, -0.25) is 9.59 Å². The SMILES string of the molecule is CC1=C[C@@H]2O[C@@H](C1=O)[C@H]1OC=C[C@]2(C)C1=O. The zero-order valence-corrected chi connectivity index (χ0v) is 9.10. The van der Waals surface area contributed by atoms with Gasteiger partial charge in [-0.1, -0.05) is 0 Å². The van der Waals surface area contributed by atoms with Crippen LogP contribution in [0, 0.1) is 5.41 Å². The second kappa shape index (κ2) is 2.83. The number of hydrogen-bond acceptors (Lipinski definition) is 4. The molecule has 84 valence electrons. The first-order chi connectivity index (χ1) is 7.54. The van der Waals surface area contributed by atoms with Crippen molar-refractivity contribution in [2.45, 2.75) is 32.2 Å². The van der Waals surface area contributed by atoms with Crippen LogP contribution in [0.4, 0.5) is 0 Å². The van der Waals surface area contributed by atoms with E-state index in [0.717, 1.165) is 0 Å². The van der Waals surface area contributed by atoms with Gasteiger partial charge in [0.25, 0.3) is 0 Å². The first-order valence-corrected chi connectivity index (χ1v) is 5.29. The fraction of sp³-hybridized carbons (Fsp3) is 0.500. The quantitative estimate of drug-likeness (QED) is 0.605. The lowest BCUT2D eigenvalue weighted by molar-refractivity contribution is -0.184. The van der Waals surface area contributed by atoms with Crippen LogP contribution in [0.25, 0.3) is 0 Å². The summed E-state index contributed by atoms with van der Waals surface area (Å²) in [4.78, 5) is 24.0. The Hall–Kier alpha value is -1.42. The van der Waals surface area contributed by atoms with Crippen molar-refractivity contribution in [1.29, 1.82) is 0 Å². The minimum Gasteiger partial charge on any atom is -0.487 e. The van der Waals surface area contributed by atoms with Crippen molar-refractivity contribution < 1.29 is 19.1 Å². The van der Waals surface area contributed by atoms with Crippen LogP contribution in [-0.4, -0.2) is 29.9 Å². The number of hydrogen-bond donors (Lipinski definition) is 0. The zero-order valence-electron chi connectivity index (χ0n) is 9.10. The highest BCUT2D eigenvalue weighted by molar-refractivity contribution is 6.06. The Morgan fingerprint density at radius 3 is 2.81 bits per heavy atom. The fourth-order valence-corrected chi connectivity index (χ4v) is 2.48. The molecule has 0 amide bonds. The smallest absolute Gasteiger partial charge is 0.191 e. The van der Waals surface area contributed by atoms with Gasteiger partial charge in [0.05, 0.1) is 17.8 Å². The van der Waals surface area contributed by atoms with E-state index in [1.165, 1.54) is 6.26 Å². The highest BCUT2D eigenvalue weighted by atomic mass is 16.6. The van der Waals surface area contributed by atoms with Crippen molar-refractivity contribution in [3.63, 3.8) is 0 Å². The summed E-state index contributed by atoms with van der Waals surface area (Å²) in [5.41, 5.74) is -0.0367. The molecule has 3 heterocycles. The van der Waals surface area contributed by atoms with E-state index in [2.05, 4.69) is 0 Å². The van der Waals surface area contributed by atoms with Crippen molar-refractivity contribution in [3.05, 3.63) is 24.0 Å². The van der Waals surface area contributed by atoms with E-state index in [0.29, 0.717) is 5.57 Å². The van der Waals surface area contributed by atoms with Crippen molar-refractivity contribution in [2.75, 3.05) is 0 Å². The third-order valence-electron chi connectivity index (χ3n) is 3.64. The van der Waals surface area contributed by atoms with Crippen molar-refractivity contribution in [2.24, 2.45) is 5.41 Å². The van der Waals surface area contributed by atoms with Gasteiger partial charge in [-0.2, -0.15) is 0 Å². The van der Waals surface area contributed by atoms with Gasteiger partial charge in [-0.25, -0.2) is 0 Å². The van der Waals surface area contributed by atoms with Crippen LogP contribution in [0.15, 0.2) is 24.0 Å². The standard InChI is InChI=1S/C12H12O4/c1-6-5-7-12(2)3-4-15-10(11(12)14)9(16-7)8(6)13/h3-5,7,9-10H,1-2H3/t7-,9-,10+,12-/m0/s1. The molecule has 3 aliphatic heterocycles. The molecule has 1 saturated heterocycles. The molecule has 0 unspecified atom stereocenters. The maximum absolute atomic E-state index is 12.2. The Morgan fingerprint density at radius 2 is 2.06 bits per heavy atom. The number of carbonyl (C=O) groups is 2. The maximum atomic E-state index is 12.2. The molecule has 0 spiro atoms. The summed E-state index contributed by atoms with van der Waals surface area (Å²) in [5.74, 6) is -0.208. The van der Waals surface area contributed by atoms with E-state index in [-0.39, 0.29) is 17.7 Å². The summed E-state index contributed by atoms with van der Waals surface area (Å²) in [5, 5.41) is 0. The summed E-state index contributed by atoms with van der Waals surface area (Å²) in [6.45, 7) is 3.57. The van der Waals surface area contributed by atoms with Crippen LogP contribution in [0.1, 0.15) is 13.8 Å². The van der Waals surface area contributed by atoms with E-state index in [9.17, 15) is 9.59 Å². The summed E-state index contributed by atoms with van der Waals surface area (Å²) < 4.78 is 10.8. The van der Waals surface area contributed by atoms with Gasteiger partial charge in [0, 0.05) is 0 Å². The lowest BCUT2D eigenvalue weighted by Gasteiger charge is -2.47. The van der Waals surface area contributed by atoms with E-state index in [1.807, 2.05) is 6.92 Å². The first kappa shape index (κ1) is 9.78. The van der Waals surface area contributed by atoms with Gasteiger partial charge >= 0.3 is 0 Å². The third kappa shape index (κ3) is 0.976. The molecule has 0 aliphatic carbocycles. The molecule has 0 saturated carbocycles. The molecule has 4 bridgehead atoms. The van der Waals surface area contributed by atoms with Crippen LogP contribution in [-0.2, 0) is 19.1 Å². The van der Waals surface area contributed by atoms with Crippen molar-refractivity contribution in [3.8, 4) is 0 Å². The molecule has 3 aliphatic rings. The Bertz CT molecular complexity index is 448. The largest absolute Gasteiger partial charge is 0.487 e. The van der Waals surface area contributed by atoms with E-state index < -0.39 is 17.6 Å². The molecule has 0 aromatic carbocycles. The topological polar surface area (TPSA) is 52.6 Å². The van der Waals surface area contributed by atoms with Crippen LogP contribution in [0.3, 0.4) is 0 Å². The first-order valence-electron chi connectivity index (χ1n) is 5.29. The summed E-state index contributed by atoms with van der Waals surface area (Å²) in [6.07, 6.45) is 3.08. The van der Waals surface area contributed by atoms with Crippen LogP contribution in [0.2, 0.25) is 0 Å². The molecule has 0 aromatic heterocycles. The van der Waals surface area contributed by atoms with Gasteiger partial charge in [0.2, 0.25) is 0 Å². The molecule has 1 fully saturated rings. The van der Waals surface area contributed by atoms with Crippen LogP contribution in [0.5, 0.6) is 0 Å². The minimum atomic E-state index is -0.776. The lowest BCUT2D eigenvalue weighted by Crippen LogP contribution is -2.62. The van der Waals surface area contributed by atoms with Crippen molar-refractivity contribution in [1.82, 2.24) is 0 Å². The second-order valence-electron chi connectivity index (χ2n) is 4.70. The molecule has 16 heavy (non-hydrogen) atoms. The highest BCUT2D eigenvalue weighted by Gasteiger charge is 2.57. The minimum absolute atomic E-state index is 0.0617. The molecule has 3 rings (SSSR count). The fourth-order valence-electron chi connectivity index (χ4n) is 2.48. The monoisotopic (exact) mass is 220 g/mol. The second-order valence-corrected chi connectivity index (χ2v) is 4.70. The Kier molecular flexibility index (Phi) is 1.73. The summed E-state index contributed by atoms with van der Waals surface area (Å²) in [6, 6.07) is 0. The van der Waals surface area contributed by atoms with Gasteiger partial charge in [-0.15, -0.1) is 0 Å². The summed E-state index contributed by atoms with van der Waals surface area (Å²) in [7, 11) is 0. The Balaban J connectivity index is 2.18. The normalized spacial score (nSPS) is 45.1. The number of carbonyl (C=O) groups excluding carboxylic acids is 2. The molecule has 0 radical (unpaired) electrons. The average molecular weight is 220 g/mol. The number of ketones is 2. The lowest BCUT2D eigenvalue weighted by atomic mass is 9.70. The number of Topliss-reactive ketones (excluding diaryl/α,β-unsaturated/α-hetero) is 2. The molecule has 4 nitrogen and oxygen atoms in total. The van der Waals surface area contributed by atoms with Crippen molar-refractivity contribution >= 4 is 11.6 Å².